The molecule has 4 saturated carbocycles. The molecule has 2 aromatic rings. The van der Waals surface area contributed by atoms with Crippen LogP contribution in [0, 0.1) is 17.8 Å². The molecule has 6 rings (SSSR count). The molecule has 1 aromatic heterocycles. The van der Waals surface area contributed by atoms with Crippen molar-refractivity contribution >= 4 is 17.9 Å². The Morgan fingerprint density at radius 3 is 2.22 bits per heavy atom. The van der Waals surface area contributed by atoms with Crippen LogP contribution in [-0.2, 0) is 11.2 Å². The van der Waals surface area contributed by atoms with E-state index in [2.05, 4.69) is 21.8 Å². The molecular formula is C24H32N6O2. The van der Waals surface area contributed by atoms with E-state index < -0.39 is 12.0 Å². The van der Waals surface area contributed by atoms with Crippen molar-refractivity contribution < 1.29 is 9.90 Å². The van der Waals surface area contributed by atoms with Crippen LogP contribution in [0.2, 0.25) is 0 Å². The van der Waals surface area contributed by atoms with Gasteiger partial charge < -0.3 is 21.5 Å². The van der Waals surface area contributed by atoms with Gasteiger partial charge in [0.1, 0.15) is 6.04 Å². The largest absolute Gasteiger partial charge is 0.480 e. The second-order valence-electron chi connectivity index (χ2n) is 10.0. The van der Waals surface area contributed by atoms with Crippen molar-refractivity contribution in [3.05, 3.63) is 29.8 Å². The maximum absolute atomic E-state index is 11.0. The van der Waals surface area contributed by atoms with Crippen LogP contribution in [0.1, 0.15) is 51.0 Å². The summed E-state index contributed by atoms with van der Waals surface area (Å²) in [6.45, 7) is 3.03. The average Bonchev–Trinajstić information content (AvgIpc) is 2.73. The number of nitrogen functional groups attached to an aromatic ring is 1. The predicted molar refractivity (Wildman–Crippen MR) is 123 cm³/mol. The molecule has 0 amide bonds. The first kappa shape index (κ1) is 21.1. The Hall–Kier alpha value is -2.74. The summed E-state index contributed by atoms with van der Waals surface area (Å²) >= 11 is 0. The third-order valence-electron chi connectivity index (χ3n) is 7.76. The van der Waals surface area contributed by atoms with Crippen LogP contribution in [0.15, 0.2) is 24.3 Å². The molecule has 170 valence electrons. The van der Waals surface area contributed by atoms with Crippen molar-refractivity contribution in [1.29, 1.82) is 0 Å². The van der Waals surface area contributed by atoms with Crippen LogP contribution in [0.25, 0.3) is 11.4 Å². The zero-order chi connectivity index (χ0) is 22.5. The molecule has 0 unspecified atom stereocenters. The number of carbonyl (C=O) groups is 1. The second kappa shape index (κ2) is 7.99. The number of carboxylic acid groups (broad SMARTS) is 1. The number of benzene rings is 1. The fourth-order valence-electron chi connectivity index (χ4n) is 6.85. The van der Waals surface area contributed by atoms with Gasteiger partial charge in [-0.25, -0.2) is 0 Å². The lowest BCUT2D eigenvalue weighted by Crippen LogP contribution is -2.60. The number of nitrogens with zero attached hydrogens (tertiary/aromatic N) is 4. The minimum atomic E-state index is -1.01. The van der Waals surface area contributed by atoms with Gasteiger partial charge in [0.2, 0.25) is 11.9 Å². The predicted octanol–water partition coefficient (Wildman–Crippen LogP) is 2.87. The average molecular weight is 437 g/mol. The number of anilines is 2. The first-order valence-electron chi connectivity index (χ1n) is 11.7. The van der Waals surface area contributed by atoms with Crippen molar-refractivity contribution in [2.45, 2.75) is 63.5 Å². The van der Waals surface area contributed by atoms with Gasteiger partial charge >= 0.3 is 5.97 Å². The summed E-state index contributed by atoms with van der Waals surface area (Å²) in [6, 6.07) is 6.61. The minimum Gasteiger partial charge on any atom is -0.480 e. The highest BCUT2D eigenvalue weighted by Gasteiger charge is 2.54. The van der Waals surface area contributed by atoms with E-state index in [1.54, 1.807) is 0 Å². The van der Waals surface area contributed by atoms with E-state index in [0.717, 1.165) is 35.4 Å². The number of hydrogen-bond acceptors (Lipinski definition) is 7. The molecule has 0 saturated heterocycles. The Kier molecular flexibility index (Phi) is 5.28. The van der Waals surface area contributed by atoms with Crippen LogP contribution in [0.5, 0.6) is 0 Å². The summed E-state index contributed by atoms with van der Waals surface area (Å²) in [7, 11) is 0. The summed E-state index contributed by atoms with van der Waals surface area (Å²) in [6.07, 6.45) is 8.12. The zero-order valence-electron chi connectivity index (χ0n) is 18.6. The molecule has 32 heavy (non-hydrogen) atoms. The quantitative estimate of drug-likeness (QED) is 0.604. The molecule has 1 heterocycles. The van der Waals surface area contributed by atoms with E-state index in [9.17, 15) is 4.79 Å². The van der Waals surface area contributed by atoms with Crippen molar-refractivity contribution in [3.63, 3.8) is 0 Å². The highest BCUT2D eigenvalue weighted by atomic mass is 16.4. The third kappa shape index (κ3) is 3.81. The summed E-state index contributed by atoms with van der Waals surface area (Å²) in [4.78, 5) is 27.2. The molecule has 1 atom stereocenters. The zero-order valence-corrected chi connectivity index (χ0v) is 18.6. The van der Waals surface area contributed by atoms with Gasteiger partial charge in [0, 0.05) is 17.6 Å². The molecular weight excluding hydrogens is 404 g/mol. The molecule has 4 bridgehead atoms. The first-order valence-corrected chi connectivity index (χ1v) is 11.7. The van der Waals surface area contributed by atoms with Gasteiger partial charge in [0.15, 0.2) is 5.82 Å². The Morgan fingerprint density at radius 2 is 1.69 bits per heavy atom. The van der Waals surface area contributed by atoms with E-state index in [0.29, 0.717) is 11.8 Å². The molecule has 0 spiro atoms. The van der Waals surface area contributed by atoms with Crippen LogP contribution in [0.3, 0.4) is 0 Å². The van der Waals surface area contributed by atoms with Gasteiger partial charge in [-0.2, -0.15) is 15.0 Å². The Labute approximate surface area is 188 Å². The summed E-state index contributed by atoms with van der Waals surface area (Å²) < 4.78 is 0. The summed E-state index contributed by atoms with van der Waals surface area (Å²) in [5, 5.41) is 9.03. The fraction of sp³-hybridized carbons (Fsp3) is 0.583. The van der Waals surface area contributed by atoms with E-state index in [1.807, 2.05) is 24.3 Å². The molecule has 8 nitrogen and oxygen atoms in total. The van der Waals surface area contributed by atoms with Crippen LogP contribution >= 0.6 is 0 Å². The molecule has 4 aliphatic carbocycles. The maximum Gasteiger partial charge on any atom is 0.320 e. The molecule has 4 aliphatic rings. The van der Waals surface area contributed by atoms with Gasteiger partial charge in [0.05, 0.1) is 0 Å². The monoisotopic (exact) mass is 436 g/mol. The lowest BCUT2D eigenvalue weighted by molar-refractivity contribution is -0.138. The van der Waals surface area contributed by atoms with Crippen LogP contribution in [-0.4, -0.2) is 44.2 Å². The normalized spacial score (nSPS) is 29.1. The smallest absolute Gasteiger partial charge is 0.320 e. The molecule has 0 aliphatic heterocycles. The van der Waals surface area contributed by atoms with Gasteiger partial charge in [0.25, 0.3) is 0 Å². The number of nitrogens with two attached hydrogens (primary N) is 2. The standard InChI is InChI=1S/C24H32N6O2/c1-2-30(24-11-15-7-16(12-24)9-17(8-15)13-24)23-28-20(27-22(26)29-23)18-5-3-14(4-6-18)10-19(25)21(31)32/h3-6,15-17,19H,2,7-13,25H2,1H3,(H,31,32)(H2,26,27,28,29)/t15?,16?,17?,19-,24?/m0/s1. The number of rotatable bonds is 7. The van der Waals surface area contributed by atoms with E-state index >= 15 is 0 Å². The Balaban J connectivity index is 1.43. The summed E-state index contributed by atoms with van der Waals surface area (Å²) in [5.41, 5.74) is 13.6. The molecule has 4 fully saturated rings. The highest BCUT2D eigenvalue weighted by Crippen LogP contribution is 2.58. The SMILES string of the molecule is CCN(c1nc(N)nc(-c2ccc(C[C@H](N)C(=O)O)cc2)n1)C12CC3CC(CC(C3)C1)C2. The van der Waals surface area contributed by atoms with Gasteiger partial charge in [-0.3, -0.25) is 4.79 Å². The minimum absolute atomic E-state index is 0.144. The number of aliphatic carboxylic acids is 1. The van der Waals surface area contributed by atoms with E-state index in [4.69, 9.17) is 21.6 Å². The summed E-state index contributed by atoms with van der Waals surface area (Å²) in [5.74, 6) is 2.94. The lowest BCUT2D eigenvalue weighted by Gasteiger charge is -2.60. The van der Waals surface area contributed by atoms with Gasteiger partial charge in [-0.15, -0.1) is 0 Å². The lowest BCUT2D eigenvalue weighted by atomic mass is 9.52. The first-order chi connectivity index (χ1) is 15.3. The van der Waals surface area contributed by atoms with Crippen molar-refractivity contribution in [3.8, 4) is 11.4 Å². The van der Waals surface area contributed by atoms with E-state index in [1.165, 1.54) is 38.5 Å². The molecule has 8 heteroatoms. The van der Waals surface area contributed by atoms with Crippen LogP contribution in [0.4, 0.5) is 11.9 Å². The molecule has 5 N–H and O–H groups in total. The molecule has 1 aromatic carbocycles. The number of aromatic nitrogens is 3. The van der Waals surface area contributed by atoms with Crippen molar-refractivity contribution in [2.24, 2.45) is 23.5 Å². The third-order valence-corrected chi connectivity index (χ3v) is 7.76. The van der Waals surface area contributed by atoms with Gasteiger partial charge in [-0.1, -0.05) is 24.3 Å². The molecule has 0 radical (unpaired) electrons. The Bertz CT molecular complexity index is 973. The maximum atomic E-state index is 11.0. The highest BCUT2D eigenvalue weighted by molar-refractivity contribution is 5.73. The second-order valence-corrected chi connectivity index (χ2v) is 10.0. The van der Waals surface area contributed by atoms with Gasteiger partial charge in [-0.05, 0) is 75.2 Å². The Morgan fingerprint density at radius 1 is 1.09 bits per heavy atom. The van der Waals surface area contributed by atoms with E-state index in [-0.39, 0.29) is 17.9 Å². The number of carboxylic acids is 1. The van der Waals surface area contributed by atoms with Crippen molar-refractivity contribution in [2.75, 3.05) is 17.2 Å². The number of hydrogen-bond donors (Lipinski definition) is 3. The fourth-order valence-corrected chi connectivity index (χ4v) is 6.85. The van der Waals surface area contributed by atoms with Crippen LogP contribution < -0.4 is 16.4 Å². The van der Waals surface area contributed by atoms with Crippen molar-refractivity contribution in [1.82, 2.24) is 15.0 Å². The topological polar surface area (TPSA) is 131 Å².